The third-order valence-corrected chi connectivity index (χ3v) is 2.71. The molecule has 2 aromatic rings. The highest BCUT2D eigenvalue weighted by Crippen LogP contribution is 2.15. The fourth-order valence-corrected chi connectivity index (χ4v) is 1.72. The second-order valence-corrected chi connectivity index (χ2v) is 4.76. The minimum absolute atomic E-state index is 0.226. The van der Waals surface area contributed by atoms with Gasteiger partial charge >= 0.3 is 0 Å². The van der Waals surface area contributed by atoms with E-state index in [0.29, 0.717) is 18.3 Å². The van der Waals surface area contributed by atoms with E-state index in [9.17, 15) is 4.39 Å². The lowest BCUT2D eigenvalue weighted by atomic mass is 10.2. The monoisotopic (exact) mass is 247 g/mol. The Hall–Kier alpha value is -1.68. The molecule has 0 spiro atoms. The minimum Gasteiger partial charge on any atom is -0.309 e. The molecule has 96 valence electrons. The predicted octanol–water partition coefficient (Wildman–Crippen LogP) is 2.82. The number of rotatable bonds is 4. The number of halogens is 1. The molecule has 1 N–H and O–H groups in total. The summed E-state index contributed by atoms with van der Waals surface area (Å²) in [5.41, 5.74) is 2.35. The van der Waals surface area contributed by atoms with Crippen LogP contribution in [0.2, 0.25) is 0 Å². The number of aromatic nitrogens is 2. The number of benzene rings is 1. The highest BCUT2D eigenvalue weighted by molar-refractivity contribution is 5.36. The first kappa shape index (κ1) is 12.8. The largest absolute Gasteiger partial charge is 0.309 e. The molecular weight excluding hydrogens is 229 g/mol. The molecule has 0 saturated carbocycles. The standard InChI is InChI=1S/C14H18FN3/c1-10(2)16-7-12-8-18(9-17-12)14-5-4-11(3)6-13(14)15/h4-6,8-10,16H,7H2,1-3H3. The Morgan fingerprint density at radius 3 is 2.83 bits per heavy atom. The molecule has 0 bridgehead atoms. The van der Waals surface area contributed by atoms with Crippen molar-refractivity contribution in [2.24, 2.45) is 0 Å². The lowest BCUT2D eigenvalue weighted by Gasteiger charge is -2.06. The number of nitrogens with zero attached hydrogens (tertiary/aromatic N) is 2. The van der Waals surface area contributed by atoms with Gasteiger partial charge in [0.2, 0.25) is 0 Å². The summed E-state index contributed by atoms with van der Waals surface area (Å²) in [5, 5.41) is 3.28. The maximum Gasteiger partial charge on any atom is 0.147 e. The van der Waals surface area contributed by atoms with E-state index >= 15 is 0 Å². The van der Waals surface area contributed by atoms with Gasteiger partial charge in [0.15, 0.2) is 0 Å². The highest BCUT2D eigenvalue weighted by atomic mass is 19.1. The minimum atomic E-state index is -0.226. The molecule has 1 aromatic heterocycles. The van der Waals surface area contributed by atoms with Gasteiger partial charge in [-0.2, -0.15) is 0 Å². The van der Waals surface area contributed by atoms with Crippen molar-refractivity contribution < 1.29 is 4.39 Å². The van der Waals surface area contributed by atoms with Crippen molar-refractivity contribution in [1.82, 2.24) is 14.9 Å². The van der Waals surface area contributed by atoms with Crippen LogP contribution in [0, 0.1) is 12.7 Å². The van der Waals surface area contributed by atoms with E-state index in [1.165, 1.54) is 6.07 Å². The normalized spacial score (nSPS) is 11.2. The second-order valence-electron chi connectivity index (χ2n) is 4.76. The van der Waals surface area contributed by atoms with Crippen molar-refractivity contribution >= 4 is 0 Å². The molecule has 2 rings (SSSR count). The molecule has 0 aliphatic heterocycles. The average Bonchev–Trinajstić information content (AvgIpc) is 2.75. The quantitative estimate of drug-likeness (QED) is 0.900. The third kappa shape index (κ3) is 2.96. The van der Waals surface area contributed by atoms with E-state index in [1.807, 2.05) is 19.2 Å². The van der Waals surface area contributed by atoms with Crippen molar-refractivity contribution in [3.63, 3.8) is 0 Å². The zero-order chi connectivity index (χ0) is 13.1. The van der Waals surface area contributed by atoms with Crippen LogP contribution in [0.3, 0.4) is 0 Å². The summed E-state index contributed by atoms with van der Waals surface area (Å²) in [6.07, 6.45) is 3.49. The molecule has 0 radical (unpaired) electrons. The molecule has 1 aromatic carbocycles. The van der Waals surface area contributed by atoms with E-state index in [1.54, 1.807) is 17.0 Å². The molecule has 0 aliphatic rings. The number of imidazole rings is 1. The fourth-order valence-electron chi connectivity index (χ4n) is 1.72. The summed E-state index contributed by atoms with van der Waals surface area (Å²) in [6.45, 7) is 6.73. The summed E-state index contributed by atoms with van der Waals surface area (Å²) in [4.78, 5) is 4.26. The summed E-state index contributed by atoms with van der Waals surface area (Å²) in [7, 11) is 0. The summed E-state index contributed by atoms with van der Waals surface area (Å²) < 4.78 is 15.5. The molecule has 4 heteroatoms. The van der Waals surface area contributed by atoms with Crippen LogP contribution in [0.1, 0.15) is 25.1 Å². The number of hydrogen-bond acceptors (Lipinski definition) is 2. The van der Waals surface area contributed by atoms with Crippen LogP contribution in [0.25, 0.3) is 5.69 Å². The van der Waals surface area contributed by atoms with Gasteiger partial charge in [-0.25, -0.2) is 9.37 Å². The Morgan fingerprint density at radius 2 is 2.17 bits per heavy atom. The first-order valence-electron chi connectivity index (χ1n) is 6.09. The number of hydrogen-bond donors (Lipinski definition) is 1. The van der Waals surface area contributed by atoms with Crippen LogP contribution >= 0.6 is 0 Å². The molecule has 0 atom stereocenters. The maximum absolute atomic E-state index is 13.8. The first-order chi connectivity index (χ1) is 8.56. The van der Waals surface area contributed by atoms with Gasteiger partial charge in [0, 0.05) is 18.8 Å². The third-order valence-electron chi connectivity index (χ3n) is 2.71. The SMILES string of the molecule is Cc1ccc(-n2cnc(CNC(C)C)c2)c(F)c1. The van der Waals surface area contributed by atoms with Crippen LogP contribution in [0.5, 0.6) is 0 Å². The van der Waals surface area contributed by atoms with Gasteiger partial charge in [-0.15, -0.1) is 0 Å². The van der Waals surface area contributed by atoms with Gasteiger partial charge < -0.3 is 9.88 Å². The van der Waals surface area contributed by atoms with E-state index in [0.717, 1.165) is 11.3 Å². The topological polar surface area (TPSA) is 29.9 Å². The van der Waals surface area contributed by atoms with Crippen LogP contribution in [-0.4, -0.2) is 15.6 Å². The van der Waals surface area contributed by atoms with Crippen molar-refractivity contribution in [3.8, 4) is 5.69 Å². The van der Waals surface area contributed by atoms with Crippen molar-refractivity contribution in [1.29, 1.82) is 0 Å². The van der Waals surface area contributed by atoms with Crippen LogP contribution in [-0.2, 0) is 6.54 Å². The molecule has 0 saturated heterocycles. The Balaban J connectivity index is 2.18. The zero-order valence-electron chi connectivity index (χ0n) is 10.9. The summed E-state index contributed by atoms with van der Waals surface area (Å²) in [5.74, 6) is -0.226. The Bertz CT molecular complexity index is 532. The van der Waals surface area contributed by atoms with Gasteiger partial charge in [-0.1, -0.05) is 19.9 Å². The van der Waals surface area contributed by atoms with E-state index in [-0.39, 0.29) is 5.82 Å². The number of aryl methyl sites for hydroxylation is 1. The Labute approximate surface area is 107 Å². The van der Waals surface area contributed by atoms with E-state index in [2.05, 4.69) is 24.1 Å². The van der Waals surface area contributed by atoms with E-state index < -0.39 is 0 Å². The molecule has 1 heterocycles. The first-order valence-corrected chi connectivity index (χ1v) is 6.09. The molecule has 18 heavy (non-hydrogen) atoms. The maximum atomic E-state index is 13.8. The molecule has 0 fully saturated rings. The highest BCUT2D eigenvalue weighted by Gasteiger charge is 2.06. The lowest BCUT2D eigenvalue weighted by molar-refractivity contribution is 0.582. The number of nitrogens with one attached hydrogen (secondary N) is 1. The lowest BCUT2D eigenvalue weighted by Crippen LogP contribution is -2.21. The molecule has 3 nitrogen and oxygen atoms in total. The average molecular weight is 247 g/mol. The predicted molar refractivity (Wildman–Crippen MR) is 70.2 cm³/mol. The van der Waals surface area contributed by atoms with Crippen molar-refractivity contribution in [2.45, 2.75) is 33.4 Å². The van der Waals surface area contributed by atoms with Crippen LogP contribution in [0.15, 0.2) is 30.7 Å². The molecule has 0 unspecified atom stereocenters. The smallest absolute Gasteiger partial charge is 0.147 e. The fraction of sp³-hybridized carbons (Fsp3) is 0.357. The Morgan fingerprint density at radius 1 is 1.39 bits per heavy atom. The summed E-state index contributed by atoms with van der Waals surface area (Å²) >= 11 is 0. The van der Waals surface area contributed by atoms with E-state index in [4.69, 9.17) is 0 Å². The Kier molecular flexibility index (Phi) is 3.77. The van der Waals surface area contributed by atoms with Gasteiger partial charge in [0.1, 0.15) is 5.82 Å². The van der Waals surface area contributed by atoms with Crippen molar-refractivity contribution in [3.05, 3.63) is 47.8 Å². The van der Waals surface area contributed by atoms with Crippen LogP contribution in [0.4, 0.5) is 4.39 Å². The zero-order valence-corrected chi connectivity index (χ0v) is 10.9. The van der Waals surface area contributed by atoms with Gasteiger partial charge in [-0.3, -0.25) is 0 Å². The van der Waals surface area contributed by atoms with Gasteiger partial charge in [0.25, 0.3) is 0 Å². The summed E-state index contributed by atoms with van der Waals surface area (Å²) in [6, 6.07) is 5.60. The molecular formula is C14H18FN3. The molecule has 0 amide bonds. The second kappa shape index (κ2) is 5.31. The van der Waals surface area contributed by atoms with Crippen molar-refractivity contribution in [2.75, 3.05) is 0 Å². The van der Waals surface area contributed by atoms with Gasteiger partial charge in [-0.05, 0) is 24.6 Å². The van der Waals surface area contributed by atoms with Gasteiger partial charge in [0.05, 0.1) is 17.7 Å². The van der Waals surface area contributed by atoms with Crippen LogP contribution < -0.4 is 5.32 Å². The molecule has 0 aliphatic carbocycles.